The quantitative estimate of drug-likeness (QED) is 0.329. The van der Waals surface area contributed by atoms with Crippen molar-refractivity contribution in [3.63, 3.8) is 0 Å². The van der Waals surface area contributed by atoms with Gasteiger partial charge in [-0.2, -0.15) is 0 Å². The van der Waals surface area contributed by atoms with Crippen molar-refractivity contribution in [1.82, 2.24) is 0 Å². The Morgan fingerprint density at radius 1 is 1.12 bits per heavy atom. The Bertz CT molecular complexity index is 60.7. The molecule has 0 fully saturated rings. The van der Waals surface area contributed by atoms with E-state index in [-0.39, 0.29) is 154 Å². The summed E-state index contributed by atoms with van der Waals surface area (Å²) in [5.74, 6) is 0. The zero-order valence-corrected chi connectivity index (χ0v) is 17.8. The Kier molecular flexibility index (Phi) is 37.7. The van der Waals surface area contributed by atoms with E-state index in [1.54, 1.807) is 0 Å². The Morgan fingerprint density at radius 3 is 1.12 bits per heavy atom. The van der Waals surface area contributed by atoms with Crippen molar-refractivity contribution < 1.29 is 164 Å². The average molecular weight is 319 g/mol. The summed E-state index contributed by atoms with van der Waals surface area (Å²) in [6.07, 6.45) is 0. The van der Waals surface area contributed by atoms with E-state index >= 15 is 0 Å². The van der Waals surface area contributed by atoms with Crippen LogP contribution in [0.1, 0.15) is 0 Å². The molecule has 0 aromatic rings. The summed E-state index contributed by atoms with van der Waals surface area (Å²) in [7, 11) is 3.36. The molecule has 0 spiro atoms. The van der Waals surface area contributed by atoms with Gasteiger partial charge >= 0.3 is 192 Å². The monoisotopic (exact) mass is 318 g/mol. The fourth-order valence-corrected chi connectivity index (χ4v) is 0. The predicted molar refractivity (Wildman–Crippen MR) is 13.8 cm³/mol. The van der Waals surface area contributed by atoms with Crippen LogP contribution in [-0.2, 0) is 12.7 Å². The molecule has 0 N–H and O–H groups in total. The molecule has 32 valence electrons. The van der Waals surface area contributed by atoms with E-state index in [1.807, 2.05) is 0 Å². The third-order valence-electron chi connectivity index (χ3n) is 0. The molecular formula is K3O3SSb. The normalized spacial score (nSPS) is 7.38. The van der Waals surface area contributed by atoms with E-state index in [9.17, 15) is 0 Å². The molecule has 0 bridgehead atoms. The van der Waals surface area contributed by atoms with Crippen molar-refractivity contribution in [3.8, 4) is 0 Å². The van der Waals surface area contributed by atoms with E-state index in [0.29, 0.717) is 0 Å². The first-order valence-electron chi connectivity index (χ1n) is 0.730. The summed E-state index contributed by atoms with van der Waals surface area (Å²) in [5, 5.41) is 0. The average Bonchev–Trinajstić information content (AvgIpc) is 0.722. The molecule has 0 amide bonds. The van der Waals surface area contributed by atoms with Crippen LogP contribution in [0.3, 0.4) is 0 Å². The van der Waals surface area contributed by atoms with E-state index < -0.39 is 18.2 Å². The minimum atomic E-state index is -5.27. The summed E-state index contributed by atoms with van der Waals surface area (Å²) in [4.78, 5) is 0. The van der Waals surface area contributed by atoms with E-state index in [4.69, 9.17) is 9.79 Å². The molecule has 0 saturated carbocycles. The van der Waals surface area contributed by atoms with Gasteiger partial charge in [-0.3, -0.25) is 0 Å². The standard InChI is InChI=1S/3K.3O.S.Sb/q3*+1;;3*-1;. The van der Waals surface area contributed by atoms with Gasteiger partial charge < -0.3 is 0 Å². The fourth-order valence-electron chi connectivity index (χ4n) is 0. The fraction of sp³-hybridized carbons (Fsp3) is 0. The van der Waals surface area contributed by atoms with Crippen molar-refractivity contribution in [1.29, 1.82) is 0 Å². The second-order valence-electron chi connectivity index (χ2n) is 0.447. The van der Waals surface area contributed by atoms with Crippen LogP contribution in [0.5, 0.6) is 0 Å². The van der Waals surface area contributed by atoms with Gasteiger partial charge in [-0.05, 0) is 0 Å². The second-order valence-corrected chi connectivity index (χ2v) is 6.00. The van der Waals surface area contributed by atoms with Gasteiger partial charge in [0, 0.05) is 0 Å². The molecular weight excluding hydrogens is 319 g/mol. The molecule has 8 heteroatoms. The molecule has 0 rings (SSSR count). The van der Waals surface area contributed by atoms with Crippen molar-refractivity contribution in [2.75, 3.05) is 0 Å². The third-order valence-corrected chi connectivity index (χ3v) is 0. The third kappa shape index (κ3) is 40.9. The molecule has 0 aromatic heterocycles. The SMILES string of the molecule is [K+].[K+].[K+].[O]=[Sb]([O-])([O-])[S-]. The van der Waals surface area contributed by atoms with Crippen LogP contribution >= 0.6 is 0 Å². The van der Waals surface area contributed by atoms with Gasteiger partial charge in [0.15, 0.2) is 0 Å². The Morgan fingerprint density at radius 2 is 1.12 bits per heavy atom. The molecule has 0 unspecified atom stereocenters. The molecule has 0 heterocycles. The summed E-state index contributed by atoms with van der Waals surface area (Å²) >= 11 is -5.27. The molecule has 0 aromatic carbocycles. The molecule has 8 heavy (non-hydrogen) atoms. The van der Waals surface area contributed by atoms with Crippen LogP contribution in [-0.4, -0.2) is 18.2 Å². The Hall–Kier alpha value is 5.80. The van der Waals surface area contributed by atoms with Gasteiger partial charge in [0.1, 0.15) is 0 Å². The van der Waals surface area contributed by atoms with Crippen LogP contribution in [0.2, 0.25) is 0 Å². The van der Waals surface area contributed by atoms with Crippen molar-refractivity contribution in [3.05, 3.63) is 0 Å². The first kappa shape index (κ1) is 23.5. The molecule has 3 nitrogen and oxygen atoms in total. The Labute approximate surface area is 185 Å². The Balaban J connectivity index is -0.0000000267. The van der Waals surface area contributed by atoms with Crippen LogP contribution in [0.15, 0.2) is 0 Å². The minimum absolute atomic E-state index is 0. The van der Waals surface area contributed by atoms with E-state index in [1.165, 1.54) is 0 Å². The topological polar surface area (TPSA) is 63.2 Å². The molecule has 0 radical (unpaired) electrons. The van der Waals surface area contributed by atoms with E-state index in [0.717, 1.165) is 0 Å². The summed E-state index contributed by atoms with van der Waals surface area (Å²) in [6, 6.07) is 0. The second kappa shape index (κ2) is 12.8. The molecule has 0 aliphatic heterocycles. The van der Waals surface area contributed by atoms with Crippen LogP contribution in [0.25, 0.3) is 0 Å². The molecule has 0 aliphatic carbocycles. The molecule has 0 saturated heterocycles. The maximum atomic E-state index is 9.01. The number of rotatable bonds is 0. The van der Waals surface area contributed by atoms with Crippen molar-refractivity contribution >= 4 is 27.9 Å². The molecule has 0 atom stereocenters. The zero-order chi connectivity index (χ0) is 4.50. The number of hydrogen-bond acceptors (Lipinski definition) is 4. The van der Waals surface area contributed by atoms with Crippen molar-refractivity contribution in [2.24, 2.45) is 0 Å². The van der Waals surface area contributed by atoms with Crippen LogP contribution in [0.4, 0.5) is 0 Å². The number of hydrogen-bond donors (Lipinski definition) is 0. The molecule has 0 aliphatic rings. The van der Waals surface area contributed by atoms with Crippen molar-refractivity contribution in [2.45, 2.75) is 0 Å². The van der Waals surface area contributed by atoms with Crippen LogP contribution < -0.4 is 161 Å². The summed E-state index contributed by atoms with van der Waals surface area (Å²) in [6.45, 7) is 0. The first-order chi connectivity index (χ1) is 2.00. The first-order valence-corrected chi connectivity index (χ1v) is 7.35. The van der Waals surface area contributed by atoms with Gasteiger partial charge in [0.2, 0.25) is 0 Å². The van der Waals surface area contributed by atoms with Gasteiger partial charge in [-0.25, -0.2) is 0 Å². The predicted octanol–water partition coefficient (Wildman–Crippen LogP) is -11.9. The van der Waals surface area contributed by atoms with Crippen LogP contribution in [0, 0.1) is 0 Å². The maximum absolute atomic E-state index is 9.01. The summed E-state index contributed by atoms with van der Waals surface area (Å²) in [5.41, 5.74) is 0. The summed E-state index contributed by atoms with van der Waals surface area (Å²) < 4.78 is 27.0. The van der Waals surface area contributed by atoms with Gasteiger partial charge in [0.05, 0.1) is 0 Å². The van der Waals surface area contributed by atoms with Gasteiger partial charge in [-0.15, -0.1) is 0 Å². The van der Waals surface area contributed by atoms with Gasteiger partial charge in [0.25, 0.3) is 0 Å². The van der Waals surface area contributed by atoms with Gasteiger partial charge in [-0.1, -0.05) is 0 Å². The zero-order valence-electron chi connectivity index (χ0n) is 5.08. The van der Waals surface area contributed by atoms with E-state index in [2.05, 4.69) is 9.72 Å².